The molecule has 2 rings (SSSR count). The summed E-state index contributed by atoms with van der Waals surface area (Å²) in [6.45, 7) is 4.75. The van der Waals surface area contributed by atoms with Crippen molar-refractivity contribution in [1.82, 2.24) is 0 Å². The lowest BCUT2D eigenvalue weighted by Gasteiger charge is -2.12. The highest BCUT2D eigenvalue weighted by molar-refractivity contribution is 9.08. The minimum Gasteiger partial charge on any atom is -0.493 e. The molecule has 2 aromatic carbocycles. The number of hydrogen-bond acceptors (Lipinski definition) is 2. The van der Waals surface area contributed by atoms with Gasteiger partial charge in [-0.1, -0.05) is 51.3 Å². The van der Waals surface area contributed by atoms with Gasteiger partial charge in [0.15, 0.2) is 11.5 Å². The second-order valence-electron chi connectivity index (χ2n) is 4.90. The molecule has 0 aliphatic heterocycles. The van der Waals surface area contributed by atoms with E-state index in [0.717, 1.165) is 16.8 Å². The second-order valence-corrected chi connectivity index (χ2v) is 5.46. The molecule has 0 amide bonds. The number of benzene rings is 2. The van der Waals surface area contributed by atoms with E-state index in [9.17, 15) is 0 Å². The third-order valence-electron chi connectivity index (χ3n) is 3.06. The molecule has 0 aliphatic rings. The summed E-state index contributed by atoms with van der Waals surface area (Å²) in [5.74, 6) is 1.54. The maximum Gasteiger partial charge on any atom is 0.161 e. The van der Waals surface area contributed by atoms with Gasteiger partial charge in [0.1, 0.15) is 6.61 Å². The van der Waals surface area contributed by atoms with Gasteiger partial charge in [-0.05, 0) is 37.1 Å². The first kappa shape index (κ1) is 14.9. The number of rotatable bonds is 5. The number of hydrogen-bond donors (Lipinski definition) is 0. The van der Waals surface area contributed by atoms with Gasteiger partial charge in [0.2, 0.25) is 0 Å². The molecule has 0 heterocycles. The van der Waals surface area contributed by atoms with Crippen molar-refractivity contribution in [2.24, 2.45) is 0 Å². The Hall–Kier alpha value is -1.48. The van der Waals surface area contributed by atoms with Crippen molar-refractivity contribution in [1.29, 1.82) is 0 Å². The lowest BCUT2D eigenvalue weighted by atomic mass is 10.1. The summed E-state index contributed by atoms with van der Waals surface area (Å²) in [4.78, 5) is 0. The van der Waals surface area contributed by atoms with Gasteiger partial charge in [-0.2, -0.15) is 0 Å². The van der Waals surface area contributed by atoms with E-state index in [0.29, 0.717) is 6.61 Å². The van der Waals surface area contributed by atoms with Crippen LogP contribution in [-0.2, 0) is 11.9 Å². The maximum atomic E-state index is 5.88. The molecule has 2 nitrogen and oxygen atoms in total. The molecule has 0 bridgehead atoms. The van der Waals surface area contributed by atoms with Gasteiger partial charge in [0, 0.05) is 5.33 Å². The summed E-state index contributed by atoms with van der Waals surface area (Å²) in [6.07, 6.45) is 0. The summed E-state index contributed by atoms with van der Waals surface area (Å²) >= 11 is 3.44. The molecule has 3 heteroatoms. The topological polar surface area (TPSA) is 18.5 Å². The van der Waals surface area contributed by atoms with Crippen LogP contribution in [-0.4, -0.2) is 7.11 Å². The van der Waals surface area contributed by atoms with E-state index in [1.807, 2.05) is 18.2 Å². The summed E-state index contributed by atoms with van der Waals surface area (Å²) < 4.78 is 11.3. The van der Waals surface area contributed by atoms with Gasteiger partial charge in [-0.15, -0.1) is 0 Å². The van der Waals surface area contributed by atoms with Crippen LogP contribution in [0.1, 0.15) is 22.3 Å². The molecule has 0 N–H and O–H groups in total. The quantitative estimate of drug-likeness (QED) is 0.732. The molecule has 0 fully saturated rings. The number of halogens is 1. The Balaban J connectivity index is 2.14. The van der Waals surface area contributed by atoms with Crippen molar-refractivity contribution < 1.29 is 9.47 Å². The highest BCUT2D eigenvalue weighted by Gasteiger charge is 2.06. The molecule has 0 atom stereocenters. The average molecular weight is 335 g/mol. The molecule has 0 aromatic heterocycles. The van der Waals surface area contributed by atoms with Crippen molar-refractivity contribution in [3.8, 4) is 11.5 Å². The van der Waals surface area contributed by atoms with Crippen LogP contribution in [0.5, 0.6) is 11.5 Å². The Morgan fingerprint density at radius 3 is 2.20 bits per heavy atom. The van der Waals surface area contributed by atoms with Gasteiger partial charge < -0.3 is 9.47 Å². The molecule has 0 saturated heterocycles. The Bertz CT molecular complexity index is 573. The van der Waals surface area contributed by atoms with Crippen LogP contribution in [0.4, 0.5) is 0 Å². The smallest absolute Gasteiger partial charge is 0.161 e. The van der Waals surface area contributed by atoms with E-state index in [2.05, 4.69) is 48.0 Å². The van der Waals surface area contributed by atoms with Crippen molar-refractivity contribution >= 4 is 15.9 Å². The zero-order valence-corrected chi connectivity index (χ0v) is 13.7. The molecule has 0 aliphatic carbocycles. The Morgan fingerprint density at radius 2 is 1.60 bits per heavy atom. The van der Waals surface area contributed by atoms with Gasteiger partial charge >= 0.3 is 0 Å². The SMILES string of the molecule is COc1cc(CBr)ccc1OCc1cc(C)cc(C)c1. The van der Waals surface area contributed by atoms with E-state index in [-0.39, 0.29) is 0 Å². The fourth-order valence-corrected chi connectivity index (χ4v) is 2.58. The van der Waals surface area contributed by atoms with Gasteiger partial charge in [0.25, 0.3) is 0 Å². The standard InChI is InChI=1S/C17H19BrO2/c1-12-6-13(2)8-15(7-12)11-20-16-5-4-14(10-18)9-17(16)19-3/h4-9H,10-11H2,1-3H3. The highest BCUT2D eigenvalue weighted by atomic mass is 79.9. The minimum atomic E-state index is 0.548. The number of alkyl halides is 1. The van der Waals surface area contributed by atoms with Crippen LogP contribution in [0.3, 0.4) is 0 Å². The molecule has 0 spiro atoms. The average Bonchev–Trinajstić information content (AvgIpc) is 2.44. The van der Waals surface area contributed by atoms with E-state index in [1.54, 1.807) is 7.11 Å². The van der Waals surface area contributed by atoms with E-state index < -0.39 is 0 Å². The van der Waals surface area contributed by atoms with Crippen LogP contribution < -0.4 is 9.47 Å². The normalized spacial score (nSPS) is 10.4. The van der Waals surface area contributed by atoms with Crippen molar-refractivity contribution in [2.75, 3.05) is 7.11 Å². The maximum absolute atomic E-state index is 5.88. The highest BCUT2D eigenvalue weighted by Crippen LogP contribution is 2.29. The molecular formula is C17H19BrO2. The fraction of sp³-hybridized carbons (Fsp3) is 0.294. The summed E-state index contributed by atoms with van der Waals surface area (Å²) in [7, 11) is 1.66. The largest absolute Gasteiger partial charge is 0.493 e. The lowest BCUT2D eigenvalue weighted by molar-refractivity contribution is 0.284. The van der Waals surface area contributed by atoms with Gasteiger partial charge in [-0.25, -0.2) is 0 Å². The van der Waals surface area contributed by atoms with Gasteiger partial charge in [0.05, 0.1) is 7.11 Å². The Kier molecular flexibility index (Phi) is 5.07. The van der Waals surface area contributed by atoms with E-state index in [4.69, 9.17) is 9.47 Å². The fourth-order valence-electron chi connectivity index (χ4n) is 2.23. The third-order valence-corrected chi connectivity index (χ3v) is 3.71. The number of aryl methyl sites for hydroxylation is 2. The van der Waals surface area contributed by atoms with Crippen molar-refractivity contribution in [3.63, 3.8) is 0 Å². The minimum absolute atomic E-state index is 0.548. The van der Waals surface area contributed by atoms with E-state index in [1.165, 1.54) is 22.3 Å². The molecule has 2 aromatic rings. The first-order valence-corrected chi connectivity index (χ1v) is 7.67. The zero-order valence-electron chi connectivity index (χ0n) is 12.1. The van der Waals surface area contributed by atoms with Crippen LogP contribution in [0, 0.1) is 13.8 Å². The number of methoxy groups -OCH3 is 1. The second kappa shape index (κ2) is 6.80. The van der Waals surface area contributed by atoms with Crippen molar-refractivity contribution in [3.05, 3.63) is 58.7 Å². The zero-order chi connectivity index (χ0) is 14.5. The number of ether oxygens (including phenoxy) is 2. The summed E-state index contributed by atoms with van der Waals surface area (Å²) in [6, 6.07) is 12.4. The molecule has 0 saturated carbocycles. The van der Waals surface area contributed by atoms with Crippen LogP contribution >= 0.6 is 15.9 Å². The lowest BCUT2D eigenvalue weighted by Crippen LogP contribution is -1.99. The monoisotopic (exact) mass is 334 g/mol. The van der Waals surface area contributed by atoms with Crippen molar-refractivity contribution in [2.45, 2.75) is 25.8 Å². The predicted molar refractivity (Wildman–Crippen MR) is 85.9 cm³/mol. The molecule has 20 heavy (non-hydrogen) atoms. The first-order valence-electron chi connectivity index (χ1n) is 6.55. The van der Waals surface area contributed by atoms with Crippen LogP contribution in [0.25, 0.3) is 0 Å². The van der Waals surface area contributed by atoms with Crippen LogP contribution in [0.15, 0.2) is 36.4 Å². The predicted octanol–water partition coefficient (Wildman–Crippen LogP) is 4.79. The Morgan fingerprint density at radius 1 is 0.900 bits per heavy atom. The molecule has 0 radical (unpaired) electrons. The molecule has 0 unspecified atom stereocenters. The van der Waals surface area contributed by atoms with Crippen LogP contribution in [0.2, 0.25) is 0 Å². The van der Waals surface area contributed by atoms with E-state index >= 15 is 0 Å². The summed E-state index contributed by atoms with van der Waals surface area (Å²) in [5, 5.41) is 0.806. The molecular weight excluding hydrogens is 316 g/mol. The third kappa shape index (κ3) is 3.76. The molecule has 106 valence electrons. The van der Waals surface area contributed by atoms with Gasteiger partial charge in [-0.3, -0.25) is 0 Å². The first-order chi connectivity index (χ1) is 9.62. The Labute approximate surface area is 128 Å². The summed E-state index contributed by atoms with van der Waals surface area (Å²) in [5.41, 5.74) is 4.85.